The van der Waals surface area contributed by atoms with E-state index >= 15 is 0 Å². The summed E-state index contributed by atoms with van der Waals surface area (Å²) >= 11 is 11.7. The maximum atomic E-state index is 11.0. The number of allylic oxidation sites excluding steroid dienone is 1. The molecule has 0 fully saturated rings. The van der Waals surface area contributed by atoms with Crippen LogP contribution in [0, 0.1) is 0 Å². The van der Waals surface area contributed by atoms with Crippen LogP contribution in [-0.2, 0) is 4.79 Å². The highest BCUT2D eigenvalue weighted by Crippen LogP contribution is 2.22. The molecule has 0 amide bonds. The third-order valence-electron chi connectivity index (χ3n) is 1.89. The molecule has 0 atom stereocenters. The summed E-state index contributed by atoms with van der Waals surface area (Å²) in [6.07, 6.45) is 1.73. The van der Waals surface area contributed by atoms with Crippen molar-refractivity contribution in [2.24, 2.45) is 0 Å². The van der Waals surface area contributed by atoms with Crippen LogP contribution < -0.4 is 0 Å². The molecule has 74 valence electrons. The van der Waals surface area contributed by atoms with Crippen LogP contribution in [0.4, 0.5) is 0 Å². The van der Waals surface area contributed by atoms with Crippen molar-refractivity contribution in [3.63, 3.8) is 0 Å². The van der Waals surface area contributed by atoms with Crippen LogP contribution in [0.2, 0.25) is 10.0 Å². The first-order chi connectivity index (χ1) is 6.50. The third-order valence-corrected chi connectivity index (χ3v) is 2.46. The molecular weight excluding hydrogens is 219 g/mol. The number of hydrogen-bond acceptors (Lipinski definition) is 1. The fourth-order valence-corrected chi connectivity index (χ4v) is 1.31. The number of carbonyl (C=O) groups is 1. The van der Waals surface area contributed by atoms with E-state index in [1.165, 1.54) is 6.92 Å². The monoisotopic (exact) mass is 228 g/mol. The van der Waals surface area contributed by atoms with E-state index in [0.717, 1.165) is 5.56 Å². The Labute approximate surface area is 93.3 Å². The number of benzene rings is 1. The van der Waals surface area contributed by atoms with Gasteiger partial charge in [-0.25, -0.2) is 0 Å². The first kappa shape index (κ1) is 11.3. The average molecular weight is 229 g/mol. The molecule has 1 aromatic rings. The third kappa shape index (κ3) is 2.86. The van der Waals surface area contributed by atoms with E-state index in [-0.39, 0.29) is 5.78 Å². The Morgan fingerprint density at radius 1 is 1.29 bits per heavy atom. The molecule has 0 aliphatic carbocycles. The minimum absolute atomic E-state index is 0.0287. The molecule has 0 unspecified atom stereocenters. The van der Waals surface area contributed by atoms with Crippen molar-refractivity contribution in [1.82, 2.24) is 0 Å². The lowest BCUT2D eigenvalue weighted by molar-refractivity contribution is -0.113. The average Bonchev–Trinajstić information content (AvgIpc) is 2.11. The molecule has 0 saturated carbocycles. The van der Waals surface area contributed by atoms with Crippen molar-refractivity contribution >= 4 is 35.1 Å². The molecule has 14 heavy (non-hydrogen) atoms. The van der Waals surface area contributed by atoms with Crippen LogP contribution >= 0.6 is 23.2 Å². The molecule has 3 heteroatoms. The zero-order valence-electron chi connectivity index (χ0n) is 7.97. The molecule has 0 aromatic heterocycles. The number of ketones is 1. The molecule has 0 N–H and O–H groups in total. The van der Waals surface area contributed by atoms with Crippen molar-refractivity contribution in [3.8, 4) is 0 Å². The fraction of sp³-hybridized carbons (Fsp3) is 0.182. The van der Waals surface area contributed by atoms with Crippen LogP contribution in [0.3, 0.4) is 0 Å². The van der Waals surface area contributed by atoms with Crippen molar-refractivity contribution in [1.29, 1.82) is 0 Å². The summed E-state index contributed by atoms with van der Waals surface area (Å²) in [6, 6.07) is 5.16. The van der Waals surface area contributed by atoms with Gasteiger partial charge in [0.1, 0.15) is 0 Å². The summed E-state index contributed by atoms with van der Waals surface area (Å²) in [5.41, 5.74) is 1.43. The number of Topliss-reactive ketones (excluding diaryl/α,β-unsaturated/α-hetero) is 1. The Morgan fingerprint density at radius 3 is 2.50 bits per heavy atom. The normalized spacial score (nSPS) is 11.6. The standard InChI is InChI=1S/C11H10Cl2O/c1-7(8(2)14)5-9-6-10(12)3-4-11(9)13/h3-6H,1-2H3/b7-5+. The Bertz CT molecular complexity index is 394. The first-order valence-corrected chi connectivity index (χ1v) is 4.90. The van der Waals surface area contributed by atoms with Gasteiger partial charge in [-0.15, -0.1) is 0 Å². The van der Waals surface area contributed by atoms with Gasteiger partial charge in [-0.3, -0.25) is 4.79 Å². The Balaban J connectivity index is 3.13. The molecule has 0 aliphatic heterocycles. The number of carbonyl (C=O) groups excluding carboxylic acids is 1. The van der Waals surface area contributed by atoms with Crippen LogP contribution in [0.1, 0.15) is 19.4 Å². The van der Waals surface area contributed by atoms with Crippen molar-refractivity contribution in [2.45, 2.75) is 13.8 Å². The van der Waals surface area contributed by atoms with E-state index in [9.17, 15) is 4.79 Å². The Morgan fingerprint density at radius 2 is 1.93 bits per heavy atom. The SMILES string of the molecule is CC(=O)/C(C)=C/c1cc(Cl)ccc1Cl. The molecule has 0 radical (unpaired) electrons. The van der Waals surface area contributed by atoms with Crippen molar-refractivity contribution in [2.75, 3.05) is 0 Å². The summed E-state index contributed by atoms with van der Waals surface area (Å²) in [7, 11) is 0. The topological polar surface area (TPSA) is 17.1 Å². The van der Waals surface area contributed by atoms with Gasteiger partial charge in [0, 0.05) is 10.0 Å². The van der Waals surface area contributed by atoms with Gasteiger partial charge < -0.3 is 0 Å². The summed E-state index contributed by atoms with van der Waals surface area (Å²) in [5, 5.41) is 1.20. The van der Waals surface area contributed by atoms with E-state index in [1.807, 2.05) is 0 Å². The molecular formula is C11H10Cl2O. The van der Waals surface area contributed by atoms with Crippen molar-refractivity contribution < 1.29 is 4.79 Å². The Hall–Kier alpha value is -0.790. The predicted molar refractivity (Wildman–Crippen MR) is 60.8 cm³/mol. The second-order valence-electron chi connectivity index (χ2n) is 3.05. The van der Waals surface area contributed by atoms with Gasteiger partial charge >= 0.3 is 0 Å². The maximum absolute atomic E-state index is 11.0. The molecule has 1 nitrogen and oxygen atoms in total. The summed E-state index contributed by atoms with van der Waals surface area (Å²) in [6.45, 7) is 3.27. The van der Waals surface area contributed by atoms with Gasteiger partial charge in [-0.05, 0) is 49.3 Å². The lowest BCUT2D eigenvalue weighted by atomic mass is 10.1. The molecule has 1 aromatic carbocycles. The predicted octanol–water partition coefficient (Wildman–Crippen LogP) is 3.99. The highest BCUT2D eigenvalue weighted by atomic mass is 35.5. The number of rotatable bonds is 2. The molecule has 0 heterocycles. The van der Waals surface area contributed by atoms with Crippen LogP contribution in [0.5, 0.6) is 0 Å². The van der Waals surface area contributed by atoms with Crippen LogP contribution in [0.25, 0.3) is 6.08 Å². The first-order valence-electron chi connectivity index (χ1n) is 4.15. The summed E-state index contributed by atoms with van der Waals surface area (Å²) < 4.78 is 0. The van der Waals surface area contributed by atoms with E-state index < -0.39 is 0 Å². The lowest BCUT2D eigenvalue weighted by Gasteiger charge is -2.00. The van der Waals surface area contributed by atoms with Gasteiger partial charge in [-0.1, -0.05) is 23.2 Å². The van der Waals surface area contributed by atoms with E-state index in [4.69, 9.17) is 23.2 Å². The van der Waals surface area contributed by atoms with Gasteiger partial charge in [0.25, 0.3) is 0 Å². The van der Waals surface area contributed by atoms with Crippen LogP contribution in [0.15, 0.2) is 23.8 Å². The highest BCUT2D eigenvalue weighted by molar-refractivity contribution is 6.34. The zero-order valence-corrected chi connectivity index (χ0v) is 9.49. The molecule has 0 aliphatic rings. The largest absolute Gasteiger partial charge is 0.295 e. The lowest BCUT2D eigenvalue weighted by Crippen LogP contribution is -1.90. The summed E-state index contributed by atoms with van der Waals surface area (Å²) in [4.78, 5) is 11.0. The minimum Gasteiger partial charge on any atom is -0.295 e. The van der Waals surface area contributed by atoms with Crippen molar-refractivity contribution in [3.05, 3.63) is 39.4 Å². The second-order valence-corrected chi connectivity index (χ2v) is 3.89. The summed E-state index contributed by atoms with van der Waals surface area (Å²) in [5.74, 6) is 0.0287. The quantitative estimate of drug-likeness (QED) is 0.701. The van der Waals surface area contributed by atoms with E-state index in [2.05, 4.69) is 0 Å². The fourth-order valence-electron chi connectivity index (χ4n) is 0.960. The van der Waals surface area contributed by atoms with Gasteiger partial charge in [0.05, 0.1) is 0 Å². The minimum atomic E-state index is 0.0287. The molecule has 1 rings (SSSR count). The smallest absolute Gasteiger partial charge is 0.155 e. The molecule has 0 bridgehead atoms. The highest BCUT2D eigenvalue weighted by Gasteiger charge is 2.01. The zero-order chi connectivity index (χ0) is 10.7. The van der Waals surface area contributed by atoms with Gasteiger partial charge in [0.2, 0.25) is 0 Å². The molecule has 0 saturated heterocycles. The van der Waals surface area contributed by atoms with E-state index in [0.29, 0.717) is 15.6 Å². The number of halogens is 2. The number of hydrogen-bond donors (Lipinski definition) is 0. The second kappa shape index (κ2) is 4.63. The van der Waals surface area contributed by atoms with Gasteiger partial charge in [0.15, 0.2) is 5.78 Å². The maximum Gasteiger partial charge on any atom is 0.155 e. The van der Waals surface area contributed by atoms with Gasteiger partial charge in [-0.2, -0.15) is 0 Å². The molecule has 0 spiro atoms. The van der Waals surface area contributed by atoms with Crippen LogP contribution in [-0.4, -0.2) is 5.78 Å². The van der Waals surface area contributed by atoms with E-state index in [1.54, 1.807) is 31.2 Å². The Kier molecular flexibility index (Phi) is 3.73.